The summed E-state index contributed by atoms with van der Waals surface area (Å²) in [6.07, 6.45) is 0. The van der Waals surface area contributed by atoms with Gasteiger partial charge in [-0.1, -0.05) is 34.2 Å². The van der Waals surface area contributed by atoms with Gasteiger partial charge >= 0.3 is 11.9 Å². The summed E-state index contributed by atoms with van der Waals surface area (Å²) in [6, 6.07) is 3.98. The van der Waals surface area contributed by atoms with Crippen molar-refractivity contribution in [3.05, 3.63) is 28.8 Å². The first-order chi connectivity index (χ1) is 7.04. The number of halogens is 2. The molecule has 6 heteroatoms. The third kappa shape index (κ3) is 3.35. The number of hydrogen-bond donors (Lipinski definition) is 1. The van der Waals surface area contributed by atoms with Gasteiger partial charge in [0.25, 0.3) is 0 Å². The Hall–Kier alpha value is -0.820. The molecule has 0 saturated heterocycles. The Morgan fingerprint density at radius 3 is 2.60 bits per heavy atom. The van der Waals surface area contributed by atoms with Crippen molar-refractivity contribution in [1.29, 1.82) is 0 Å². The van der Waals surface area contributed by atoms with Crippen molar-refractivity contribution in [2.45, 2.75) is 0 Å². The fraction of sp³-hybridized carbons (Fsp3) is 0.111. The molecule has 4 nitrogen and oxygen atoms in total. The lowest BCUT2D eigenvalue weighted by Crippen LogP contribution is -2.08. The molecule has 0 spiro atoms. The lowest BCUT2D eigenvalue weighted by atomic mass is 10.2. The topological polar surface area (TPSA) is 63.6 Å². The SMILES string of the molecule is O=C(CI)Oc1ccc(C(=O)O)c(Cl)c1. The van der Waals surface area contributed by atoms with Crippen molar-refractivity contribution in [3.63, 3.8) is 0 Å². The second-order valence-electron chi connectivity index (χ2n) is 2.55. The fourth-order valence-electron chi connectivity index (χ4n) is 0.891. The molecule has 1 N–H and O–H groups in total. The van der Waals surface area contributed by atoms with Gasteiger partial charge < -0.3 is 9.84 Å². The molecule has 15 heavy (non-hydrogen) atoms. The Kier molecular flexibility index (Phi) is 4.34. The van der Waals surface area contributed by atoms with Crippen LogP contribution in [-0.4, -0.2) is 21.5 Å². The summed E-state index contributed by atoms with van der Waals surface area (Å²) >= 11 is 7.54. The molecular formula is C9H6ClIO4. The number of esters is 1. The third-order valence-electron chi connectivity index (χ3n) is 1.51. The van der Waals surface area contributed by atoms with Crippen LogP contribution in [0.25, 0.3) is 0 Å². The van der Waals surface area contributed by atoms with E-state index < -0.39 is 11.9 Å². The molecule has 0 aliphatic carbocycles. The molecule has 0 atom stereocenters. The van der Waals surface area contributed by atoms with Gasteiger partial charge in [-0.15, -0.1) is 0 Å². The number of hydrogen-bond acceptors (Lipinski definition) is 3. The zero-order chi connectivity index (χ0) is 11.4. The molecule has 80 valence electrons. The van der Waals surface area contributed by atoms with E-state index in [-0.39, 0.29) is 20.8 Å². The van der Waals surface area contributed by atoms with Crippen molar-refractivity contribution in [3.8, 4) is 5.75 Å². The molecule has 0 aliphatic heterocycles. The molecule has 0 radical (unpaired) electrons. The van der Waals surface area contributed by atoms with E-state index in [1.165, 1.54) is 18.2 Å². The highest BCUT2D eigenvalue weighted by molar-refractivity contribution is 14.1. The van der Waals surface area contributed by atoms with Gasteiger partial charge in [0, 0.05) is 6.07 Å². The summed E-state index contributed by atoms with van der Waals surface area (Å²) in [5, 5.41) is 8.73. The van der Waals surface area contributed by atoms with Gasteiger partial charge in [0.15, 0.2) is 0 Å². The molecule has 0 amide bonds. The molecule has 0 aromatic heterocycles. The minimum absolute atomic E-state index is 0.0223. The van der Waals surface area contributed by atoms with Crippen molar-refractivity contribution in [1.82, 2.24) is 0 Å². The average molecular weight is 340 g/mol. The molecule has 1 aromatic carbocycles. The van der Waals surface area contributed by atoms with Crippen molar-refractivity contribution < 1.29 is 19.4 Å². The van der Waals surface area contributed by atoms with Crippen LogP contribution in [0.2, 0.25) is 5.02 Å². The first kappa shape index (κ1) is 12.3. The molecule has 1 rings (SSSR count). The van der Waals surface area contributed by atoms with Crippen molar-refractivity contribution >= 4 is 46.1 Å². The summed E-state index contributed by atoms with van der Waals surface area (Å²) in [7, 11) is 0. The Labute approximate surface area is 104 Å². The predicted octanol–water partition coefficient (Wildman–Crippen LogP) is 2.38. The quantitative estimate of drug-likeness (QED) is 0.397. The largest absolute Gasteiger partial charge is 0.478 e. The molecule has 1 aromatic rings. The number of ether oxygens (including phenoxy) is 1. The minimum Gasteiger partial charge on any atom is -0.478 e. The van der Waals surface area contributed by atoms with E-state index >= 15 is 0 Å². The first-order valence-corrected chi connectivity index (χ1v) is 5.74. The second-order valence-corrected chi connectivity index (χ2v) is 3.72. The van der Waals surface area contributed by atoms with Crippen LogP contribution in [0.15, 0.2) is 18.2 Å². The van der Waals surface area contributed by atoms with Crippen LogP contribution in [0.3, 0.4) is 0 Å². The maximum atomic E-state index is 10.9. The summed E-state index contributed by atoms with van der Waals surface area (Å²) in [6.45, 7) is 0. The highest BCUT2D eigenvalue weighted by atomic mass is 127. The highest BCUT2D eigenvalue weighted by Gasteiger charge is 2.10. The number of aromatic carboxylic acids is 1. The average Bonchev–Trinajstić information content (AvgIpc) is 2.17. The Morgan fingerprint density at radius 1 is 1.47 bits per heavy atom. The van der Waals surface area contributed by atoms with Gasteiger partial charge in [-0.25, -0.2) is 4.79 Å². The first-order valence-electron chi connectivity index (χ1n) is 3.84. The van der Waals surface area contributed by atoms with Gasteiger partial charge in [-0.3, -0.25) is 4.79 Å². The summed E-state index contributed by atoms with van der Waals surface area (Å²) in [5.74, 6) is -1.28. The number of alkyl halides is 1. The maximum absolute atomic E-state index is 10.9. The fourth-order valence-corrected chi connectivity index (χ4v) is 1.30. The lowest BCUT2D eigenvalue weighted by Gasteiger charge is -2.04. The van der Waals surface area contributed by atoms with Crippen molar-refractivity contribution in [2.24, 2.45) is 0 Å². The zero-order valence-corrected chi connectivity index (χ0v) is 10.3. The Bertz CT molecular complexity index is 405. The molecule has 0 heterocycles. The van der Waals surface area contributed by atoms with Crippen LogP contribution in [-0.2, 0) is 4.79 Å². The molecule has 0 saturated carbocycles. The van der Waals surface area contributed by atoms with E-state index in [9.17, 15) is 9.59 Å². The number of carboxylic acid groups (broad SMARTS) is 1. The number of benzene rings is 1. The van der Waals surface area contributed by atoms with Crippen LogP contribution in [0.4, 0.5) is 0 Å². The van der Waals surface area contributed by atoms with Crippen LogP contribution < -0.4 is 4.74 Å². The Morgan fingerprint density at radius 2 is 2.13 bits per heavy atom. The van der Waals surface area contributed by atoms with Crippen LogP contribution >= 0.6 is 34.2 Å². The Balaban J connectivity index is 2.91. The zero-order valence-electron chi connectivity index (χ0n) is 7.37. The van der Waals surface area contributed by atoms with Crippen LogP contribution in [0.5, 0.6) is 5.75 Å². The van der Waals surface area contributed by atoms with E-state index in [2.05, 4.69) is 0 Å². The standard InChI is InChI=1S/C9H6ClIO4/c10-7-3-5(15-8(12)4-11)1-2-6(7)9(13)14/h1-3H,4H2,(H,13,14). The minimum atomic E-state index is -1.12. The molecule has 0 aliphatic rings. The number of carboxylic acids is 1. The van der Waals surface area contributed by atoms with Crippen molar-refractivity contribution in [2.75, 3.05) is 4.43 Å². The van der Waals surface area contributed by atoms with Gasteiger partial charge in [-0.2, -0.15) is 0 Å². The van der Waals surface area contributed by atoms with Gasteiger partial charge in [0.05, 0.1) is 15.0 Å². The predicted molar refractivity (Wildman–Crippen MR) is 62.9 cm³/mol. The van der Waals surface area contributed by atoms with E-state index in [0.717, 1.165) is 0 Å². The lowest BCUT2D eigenvalue weighted by molar-refractivity contribution is -0.131. The van der Waals surface area contributed by atoms with Crippen LogP contribution in [0.1, 0.15) is 10.4 Å². The van der Waals surface area contributed by atoms with E-state index in [1.54, 1.807) is 0 Å². The van der Waals surface area contributed by atoms with Gasteiger partial charge in [0.2, 0.25) is 0 Å². The highest BCUT2D eigenvalue weighted by Crippen LogP contribution is 2.22. The second kappa shape index (κ2) is 5.32. The smallest absolute Gasteiger partial charge is 0.337 e. The van der Waals surface area contributed by atoms with E-state index in [0.29, 0.717) is 0 Å². The monoisotopic (exact) mass is 340 g/mol. The number of rotatable bonds is 3. The summed E-state index contributed by atoms with van der Waals surface area (Å²) in [5.41, 5.74) is -0.0223. The normalized spacial score (nSPS) is 9.73. The summed E-state index contributed by atoms with van der Waals surface area (Å²) < 4.78 is 5.07. The van der Waals surface area contributed by atoms with E-state index in [1.807, 2.05) is 22.6 Å². The maximum Gasteiger partial charge on any atom is 0.337 e. The molecule has 0 fully saturated rings. The molecular weight excluding hydrogens is 334 g/mol. The van der Waals surface area contributed by atoms with Crippen LogP contribution in [0, 0.1) is 0 Å². The number of carbonyl (C=O) groups is 2. The van der Waals surface area contributed by atoms with Gasteiger partial charge in [-0.05, 0) is 12.1 Å². The van der Waals surface area contributed by atoms with Gasteiger partial charge in [0.1, 0.15) is 5.75 Å². The molecule has 0 bridgehead atoms. The molecule has 0 unspecified atom stereocenters. The van der Waals surface area contributed by atoms with E-state index in [4.69, 9.17) is 21.4 Å². The number of carbonyl (C=O) groups excluding carboxylic acids is 1. The third-order valence-corrected chi connectivity index (χ3v) is 2.45. The summed E-state index contributed by atoms with van der Waals surface area (Å²) in [4.78, 5) is 21.5.